The highest BCUT2D eigenvalue weighted by Crippen LogP contribution is 2.22. The Kier molecular flexibility index (Phi) is 3.98. The van der Waals surface area contributed by atoms with E-state index < -0.39 is 10.8 Å². The molecule has 0 bridgehead atoms. The molecule has 1 aromatic carbocycles. The number of benzene rings is 1. The monoisotopic (exact) mass is 285 g/mol. The van der Waals surface area contributed by atoms with Gasteiger partial charge in [0.2, 0.25) is 0 Å². The summed E-state index contributed by atoms with van der Waals surface area (Å²) in [5.41, 5.74) is 2.31. The number of nitro groups is 1. The zero-order valence-electron chi connectivity index (χ0n) is 12.0. The van der Waals surface area contributed by atoms with Gasteiger partial charge in [-0.05, 0) is 44.5 Å². The van der Waals surface area contributed by atoms with E-state index in [0.29, 0.717) is 11.4 Å². The fourth-order valence-corrected chi connectivity index (χ4v) is 2.16. The van der Waals surface area contributed by atoms with E-state index in [4.69, 9.17) is 0 Å². The van der Waals surface area contributed by atoms with Crippen LogP contribution in [-0.2, 0) is 0 Å². The lowest BCUT2D eigenvalue weighted by Gasteiger charge is -2.08. The number of nitrogens with one attached hydrogen (secondary N) is 1. The van der Waals surface area contributed by atoms with Crippen molar-refractivity contribution in [2.45, 2.75) is 20.8 Å². The van der Waals surface area contributed by atoms with Gasteiger partial charge >= 0.3 is 0 Å². The fourth-order valence-electron chi connectivity index (χ4n) is 2.16. The van der Waals surface area contributed by atoms with E-state index >= 15 is 0 Å². The normalized spacial score (nSPS) is 10.2. The number of pyridine rings is 1. The van der Waals surface area contributed by atoms with Crippen molar-refractivity contribution in [3.8, 4) is 0 Å². The van der Waals surface area contributed by atoms with E-state index in [9.17, 15) is 14.9 Å². The summed E-state index contributed by atoms with van der Waals surface area (Å²) in [5.74, 6) is 0.0251. The van der Waals surface area contributed by atoms with Gasteiger partial charge in [0.15, 0.2) is 0 Å². The highest BCUT2D eigenvalue weighted by atomic mass is 16.6. The highest BCUT2D eigenvalue weighted by molar-refractivity contribution is 6.05. The smallest absolute Gasteiger partial charge is 0.273 e. The first-order valence-electron chi connectivity index (χ1n) is 6.39. The summed E-state index contributed by atoms with van der Waals surface area (Å²) in [5, 5.41) is 13.6. The standard InChI is InChI=1S/C15H15N3O3/c1-9-7-10(2)16-14(8-9)17-15(19)12-5-4-6-13(11(12)3)18(20)21/h4-8H,1-3H3,(H,16,17,19). The number of aromatic nitrogens is 1. The van der Waals surface area contributed by atoms with Gasteiger partial charge < -0.3 is 5.32 Å². The molecular formula is C15H15N3O3. The predicted octanol–water partition coefficient (Wildman–Crippen LogP) is 3.17. The Hall–Kier alpha value is -2.76. The van der Waals surface area contributed by atoms with Gasteiger partial charge in [-0.1, -0.05) is 6.07 Å². The Morgan fingerprint density at radius 3 is 2.57 bits per heavy atom. The molecule has 0 atom stereocenters. The lowest BCUT2D eigenvalue weighted by atomic mass is 10.1. The molecule has 1 heterocycles. The second kappa shape index (κ2) is 5.70. The lowest BCUT2D eigenvalue weighted by molar-refractivity contribution is -0.385. The van der Waals surface area contributed by atoms with E-state index in [1.165, 1.54) is 12.1 Å². The average molecular weight is 285 g/mol. The number of amides is 1. The summed E-state index contributed by atoms with van der Waals surface area (Å²) in [6.45, 7) is 5.30. The van der Waals surface area contributed by atoms with Crippen molar-refractivity contribution in [2.24, 2.45) is 0 Å². The van der Waals surface area contributed by atoms with Crippen LogP contribution in [0.5, 0.6) is 0 Å². The van der Waals surface area contributed by atoms with Crippen LogP contribution >= 0.6 is 0 Å². The van der Waals surface area contributed by atoms with Gasteiger partial charge in [0, 0.05) is 22.9 Å². The van der Waals surface area contributed by atoms with Gasteiger partial charge in [0.05, 0.1) is 4.92 Å². The van der Waals surface area contributed by atoms with Gasteiger partial charge in [-0.2, -0.15) is 0 Å². The maximum absolute atomic E-state index is 12.3. The number of hydrogen-bond donors (Lipinski definition) is 1. The van der Waals surface area contributed by atoms with Crippen LogP contribution in [0.3, 0.4) is 0 Å². The summed E-state index contributed by atoms with van der Waals surface area (Å²) in [7, 11) is 0. The van der Waals surface area contributed by atoms with Crippen molar-refractivity contribution in [3.63, 3.8) is 0 Å². The first-order chi connectivity index (χ1) is 9.88. The second-order valence-electron chi connectivity index (χ2n) is 4.83. The van der Waals surface area contributed by atoms with E-state index in [0.717, 1.165) is 11.3 Å². The first-order valence-corrected chi connectivity index (χ1v) is 6.39. The third kappa shape index (κ3) is 3.22. The molecule has 6 heteroatoms. The molecule has 0 aliphatic rings. The first kappa shape index (κ1) is 14.6. The van der Waals surface area contributed by atoms with Crippen LogP contribution in [0.15, 0.2) is 30.3 Å². The molecule has 0 aliphatic heterocycles. The Morgan fingerprint density at radius 1 is 1.24 bits per heavy atom. The summed E-state index contributed by atoms with van der Waals surface area (Å²) in [4.78, 5) is 26.9. The predicted molar refractivity (Wildman–Crippen MR) is 79.5 cm³/mol. The molecule has 21 heavy (non-hydrogen) atoms. The Bertz CT molecular complexity index is 706. The third-order valence-electron chi connectivity index (χ3n) is 3.09. The summed E-state index contributed by atoms with van der Waals surface area (Å²) in [6, 6.07) is 8.07. The summed E-state index contributed by atoms with van der Waals surface area (Å²) < 4.78 is 0. The zero-order valence-corrected chi connectivity index (χ0v) is 12.0. The maximum Gasteiger partial charge on any atom is 0.273 e. The van der Waals surface area contributed by atoms with E-state index in [2.05, 4.69) is 10.3 Å². The molecular weight excluding hydrogens is 270 g/mol. The molecule has 0 saturated heterocycles. The van der Waals surface area contributed by atoms with Gasteiger partial charge in [-0.25, -0.2) is 4.98 Å². The Morgan fingerprint density at radius 2 is 1.95 bits per heavy atom. The number of nitro benzene ring substituents is 1. The molecule has 6 nitrogen and oxygen atoms in total. The van der Waals surface area contributed by atoms with Gasteiger partial charge in [-0.15, -0.1) is 0 Å². The average Bonchev–Trinajstić information content (AvgIpc) is 2.37. The number of anilines is 1. The molecule has 0 fully saturated rings. The van der Waals surface area contributed by atoms with Crippen molar-refractivity contribution < 1.29 is 9.72 Å². The minimum absolute atomic E-state index is 0.0731. The van der Waals surface area contributed by atoms with E-state index in [-0.39, 0.29) is 11.3 Å². The minimum atomic E-state index is -0.499. The molecule has 0 spiro atoms. The largest absolute Gasteiger partial charge is 0.307 e. The van der Waals surface area contributed by atoms with Crippen LogP contribution in [-0.4, -0.2) is 15.8 Å². The van der Waals surface area contributed by atoms with Crippen molar-refractivity contribution in [2.75, 3.05) is 5.32 Å². The number of nitrogens with zero attached hydrogens (tertiary/aromatic N) is 2. The zero-order chi connectivity index (χ0) is 15.6. The highest BCUT2D eigenvalue weighted by Gasteiger charge is 2.18. The van der Waals surface area contributed by atoms with Crippen LogP contribution in [0.2, 0.25) is 0 Å². The number of carbonyl (C=O) groups excluding carboxylic acids is 1. The van der Waals surface area contributed by atoms with Crippen LogP contribution in [0.25, 0.3) is 0 Å². The molecule has 1 N–H and O–H groups in total. The molecule has 108 valence electrons. The second-order valence-corrected chi connectivity index (χ2v) is 4.83. The van der Waals surface area contributed by atoms with Gasteiger partial charge in [-0.3, -0.25) is 14.9 Å². The topological polar surface area (TPSA) is 85.1 Å². The molecule has 1 aromatic heterocycles. The molecule has 0 radical (unpaired) electrons. The number of carbonyl (C=O) groups is 1. The molecule has 0 saturated carbocycles. The number of hydrogen-bond acceptors (Lipinski definition) is 4. The summed E-state index contributed by atoms with van der Waals surface area (Å²) >= 11 is 0. The fraction of sp³-hybridized carbons (Fsp3) is 0.200. The third-order valence-corrected chi connectivity index (χ3v) is 3.09. The van der Waals surface area contributed by atoms with Crippen LogP contribution in [0.1, 0.15) is 27.2 Å². The molecule has 0 aliphatic carbocycles. The van der Waals surface area contributed by atoms with Gasteiger partial charge in [0.1, 0.15) is 5.82 Å². The molecule has 1 amide bonds. The SMILES string of the molecule is Cc1cc(C)nc(NC(=O)c2cccc([N+](=O)[O-])c2C)c1. The quantitative estimate of drug-likeness (QED) is 0.693. The Balaban J connectivity index is 2.33. The van der Waals surface area contributed by atoms with Crippen LogP contribution < -0.4 is 5.32 Å². The van der Waals surface area contributed by atoms with Crippen molar-refractivity contribution >= 4 is 17.4 Å². The van der Waals surface area contributed by atoms with Crippen molar-refractivity contribution in [3.05, 3.63) is 62.8 Å². The molecule has 2 aromatic rings. The molecule has 0 unspecified atom stereocenters. The molecule has 2 rings (SSSR count). The maximum atomic E-state index is 12.3. The Labute approximate surface area is 122 Å². The van der Waals surface area contributed by atoms with Crippen LogP contribution in [0, 0.1) is 30.9 Å². The lowest BCUT2D eigenvalue weighted by Crippen LogP contribution is -2.15. The minimum Gasteiger partial charge on any atom is -0.307 e. The summed E-state index contributed by atoms with van der Waals surface area (Å²) in [6.07, 6.45) is 0. The number of rotatable bonds is 3. The van der Waals surface area contributed by atoms with Crippen molar-refractivity contribution in [1.29, 1.82) is 0 Å². The van der Waals surface area contributed by atoms with E-state index in [1.807, 2.05) is 19.9 Å². The van der Waals surface area contributed by atoms with Crippen molar-refractivity contribution in [1.82, 2.24) is 4.98 Å². The van der Waals surface area contributed by atoms with Crippen LogP contribution in [0.4, 0.5) is 11.5 Å². The number of aryl methyl sites for hydroxylation is 2. The van der Waals surface area contributed by atoms with Gasteiger partial charge in [0.25, 0.3) is 11.6 Å². The van der Waals surface area contributed by atoms with E-state index in [1.54, 1.807) is 19.1 Å².